The highest BCUT2D eigenvalue weighted by atomic mass is 15.2. The summed E-state index contributed by atoms with van der Waals surface area (Å²) in [7, 11) is 0. The topological polar surface area (TPSA) is 29.3 Å². The van der Waals surface area contributed by atoms with Crippen molar-refractivity contribution in [3.05, 3.63) is 0 Å². The van der Waals surface area contributed by atoms with Gasteiger partial charge in [0.15, 0.2) is 0 Å². The summed E-state index contributed by atoms with van der Waals surface area (Å²) < 4.78 is 0. The van der Waals surface area contributed by atoms with Crippen molar-refractivity contribution in [3.8, 4) is 0 Å². The van der Waals surface area contributed by atoms with Gasteiger partial charge >= 0.3 is 0 Å². The summed E-state index contributed by atoms with van der Waals surface area (Å²) in [5.74, 6) is 1.71. The van der Waals surface area contributed by atoms with Crippen molar-refractivity contribution in [2.75, 3.05) is 13.1 Å². The summed E-state index contributed by atoms with van der Waals surface area (Å²) in [6, 6.07) is 1.38. The Balaban J connectivity index is 1.83. The molecule has 0 saturated heterocycles. The van der Waals surface area contributed by atoms with Gasteiger partial charge in [-0.05, 0) is 56.9 Å². The minimum atomic E-state index is 0.468. The highest BCUT2D eigenvalue weighted by Gasteiger charge is 2.34. The van der Waals surface area contributed by atoms with Crippen molar-refractivity contribution >= 4 is 0 Å². The first-order valence-corrected chi connectivity index (χ1v) is 8.24. The van der Waals surface area contributed by atoms with Gasteiger partial charge in [0.25, 0.3) is 0 Å². The minimum absolute atomic E-state index is 0.468. The second kappa shape index (κ2) is 6.91. The van der Waals surface area contributed by atoms with E-state index in [1.807, 2.05) is 0 Å². The SMILES string of the molecule is CCCCN(CC1CC(CC)CCC1N)C1CC1. The molecular formula is C16H32N2. The maximum Gasteiger partial charge on any atom is 0.00965 e. The number of nitrogens with two attached hydrogens (primary N) is 1. The number of rotatable bonds is 7. The van der Waals surface area contributed by atoms with Gasteiger partial charge in [0.1, 0.15) is 0 Å². The highest BCUT2D eigenvalue weighted by Crippen LogP contribution is 2.34. The van der Waals surface area contributed by atoms with Crippen molar-refractivity contribution in [2.45, 2.75) is 77.3 Å². The summed E-state index contributed by atoms with van der Waals surface area (Å²) in [4.78, 5) is 2.76. The quantitative estimate of drug-likeness (QED) is 0.752. The van der Waals surface area contributed by atoms with Crippen molar-refractivity contribution in [1.82, 2.24) is 4.90 Å². The molecule has 2 rings (SSSR count). The van der Waals surface area contributed by atoms with E-state index in [2.05, 4.69) is 18.7 Å². The molecule has 2 aliphatic carbocycles. The average Bonchev–Trinajstić information content (AvgIpc) is 3.21. The van der Waals surface area contributed by atoms with Crippen LogP contribution >= 0.6 is 0 Å². The Morgan fingerprint density at radius 3 is 2.50 bits per heavy atom. The maximum atomic E-state index is 6.37. The fourth-order valence-electron chi connectivity index (χ4n) is 3.49. The molecule has 2 aliphatic rings. The Labute approximate surface area is 113 Å². The fourth-order valence-corrected chi connectivity index (χ4v) is 3.49. The van der Waals surface area contributed by atoms with Crippen LogP contribution in [0, 0.1) is 11.8 Å². The molecule has 0 radical (unpaired) electrons. The van der Waals surface area contributed by atoms with Gasteiger partial charge in [-0.3, -0.25) is 0 Å². The Morgan fingerprint density at radius 2 is 1.89 bits per heavy atom. The smallest absolute Gasteiger partial charge is 0.00965 e. The minimum Gasteiger partial charge on any atom is -0.327 e. The zero-order valence-corrected chi connectivity index (χ0v) is 12.4. The van der Waals surface area contributed by atoms with Crippen LogP contribution in [0.4, 0.5) is 0 Å². The largest absolute Gasteiger partial charge is 0.327 e. The predicted octanol–water partition coefficient (Wildman–Crippen LogP) is 3.40. The van der Waals surface area contributed by atoms with E-state index in [4.69, 9.17) is 5.73 Å². The lowest BCUT2D eigenvalue weighted by Gasteiger charge is -2.37. The van der Waals surface area contributed by atoms with E-state index in [0.29, 0.717) is 6.04 Å². The summed E-state index contributed by atoms with van der Waals surface area (Å²) in [6.07, 6.45) is 10.9. The number of hydrogen-bond acceptors (Lipinski definition) is 2. The van der Waals surface area contributed by atoms with Crippen molar-refractivity contribution < 1.29 is 0 Å². The molecule has 0 spiro atoms. The van der Waals surface area contributed by atoms with Crippen molar-refractivity contribution in [1.29, 1.82) is 0 Å². The Kier molecular flexibility index (Phi) is 5.50. The molecular weight excluding hydrogens is 220 g/mol. The van der Waals surface area contributed by atoms with E-state index in [0.717, 1.165) is 17.9 Å². The lowest BCUT2D eigenvalue weighted by molar-refractivity contribution is 0.147. The number of unbranched alkanes of at least 4 members (excludes halogenated alkanes) is 1. The zero-order valence-electron chi connectivity index (χ0n) is 12.4. The molecule has 3 atom stereocenters. The first kappa shape index (κ1) is 14.3. The molecule has 0 aromatic heterocycles. The van der Waals surface area contributed by atoms with Gasteiger partial charge in [0, 0.05) is 18.6 Å². The van der Waals surface area contributed by atoms with Gasteiger partial charge in [0.05, 0.1) is 0 Å². The monoisotopic (exact) mass is 252 g/mol. The highest BCUT2D eigenvalue weighted by molar-refractivity contribution is 4.89. The number of hydrogen-bond donors (Lipinski definition) is 1. The zero-order chi connectivity index (χ0) is 13.0. The average molecular weight is 252 g/mol. The lowest BCUT2D eigenvalue weighted by atomic mass is 9.77. The van der Waals surface area contributed by atoms with Crippen LogP contribution in [-0.4, -0.2) is 30.1 Å². The molecule has 2 fully saturated rings. The van der Waals surface area contributed by atoms with Gasteiger partial charge < -0.3 is 10.6 Å². The van der Waals surface area contributed by atoms with E-state index in [1.54, 1.807) is 0 Å². The van der Waals surface area contributed by atoms with Crippen LogP contribution in [0.5, 0.6) is 0 Å². The molecule has 0 amide bonds. The van der Waals surface area contributed by atoms with Crippen LogP contribution in [-0.2, 0) is 0 Å². The van der Waals surface area contributed by atoms with Crippen LogP contribution < -0.4 is 5.73 Å². The Bertz CT molecular complexity index is 237. The standard InChI is InChI=1S/C16H32N2/c1-3-5-10-18(15-7-8-15)12-14-11-13(4-2)6-9-16(14)17/h13-16H,3-12,17H2,1-2H3. The molecule has 0 aromatic carbocycles. The van der Waals surface area contributed by atoms with Crippen LogP contribution in [0.2, 0.25) is 0 Å². The van der Waals surface area contributed by atoms with E-state index in [-0.39, 0.29) is 0 Å². The fraction of sp³-hybridized carbons (Fsp3) is 1.00. The summed E-state index contributed by atoms with van der Waals surface area (Å²) in [5, 5.41) is 0. The molecule has 2 saturated carbocycles. The van der Waals surface area contributed by atoms with Crippen molar-refractivity contribution in [2.24, 2.45) is 17.6 Å². The van der Waals surface area contributed by atoms with Crippen LogP contribution in [0.1, 0.15) is 65.2 Å². The predicted molar refractivity (Wildman–Crippen MR) is 78.6 cm³/mol. The number of nitrogens with zero attached hydrogens (tertiary/aromatic N) is 1. The Hall–Kier alpha value is -0.0800. The maximum absolute atomic E-state index is 6.37. The summed E-state index contributed by atoms with van der Waals surface area (Å²) in [6.45, 7) is 7.22. The summed E-state index contributed by atoms with van der Waals surface area (Å²) >= 11 is 0. The molecule has 18 heavy (non-hydrogen) atoms. The van der Waals surface area contributed by atoms with Gasteiger partial charge in [-0.15, -0.1) is 0 Å². The van der Waals surface area contributed by atoms with E-state index >= 15 is 0 Å². The molecule has 3 unspecified atom stereocenters. The normalized spacial score (nSPS) is 33.0. The second-order valence-electron chi connectivity index (χ2n) is 6.59. The van der Waals surface area contributed by atoms with Crippen LogP contribution in [0.15, 0.2) is 0 Å². The second-order valence-corrected chi connectivity index (χ2v) is 6.59. The molecule has 2 N–H and O–H groups in total. The molecule has 106 valence electrons. The first-order valence-electron chi connectivity index (χ1n) is 8.24. The van der Waals surface area contributed by atoms with E-state index in [9.17, 15) is 0 Å². The van der Waals surface area contributed by atoms with Gasteiger partial charge in [-0.1, -0.05) is 26.7 Å². The molecule has 0 aliphatic heterocycles. The molecule has 0 heterocycles. The summed E-state index contributed by atoms with van der Waals surface area (Å²) in [5.41, 5.74) is 6.37. The van der Waals surface area contributed by atoms with E-state index < -0.39 is 0 Å². The third kappa shape index (κ3) is 3.96. The molecule has 0 aromatic rings. The third-order valence-electron chi connectivity index (χ3n) is 5.06. The lowest BCUT2D eigenvalue weighted by Crippen LogP contribution is -2.44. The molecule has 2 heteroatoms. The van der Waals surface area contributed by atoms with Gasteiger partial charge in [-0.25, -0.2) is 0 Å². The Morgan fingerprint density at radius 1 is 1.11 bits per heavy atom. The first-order chi connectivity index (χ1) is 8.74. The van der Waals surface area contributed by atoms with Crippen LogP contribution in [0.3, 0.4) is 0 Å². The third-order valence-corrected chi connectivity index (χ3v) is 5.06. The van der Waals surface area contributed by atoms with E-state index in [1.165, 1.54) is 64.5 Å². The van der Waals surface area contributed by atoms with Gasteiger partial charge in [-0.2, -0.15) is 0 Å². The van der Waals surface area contributed by atoms with Crippen molar-refractivity contribution in [3.63, 3.8) is 0 Å². The van der Waals surface area contributed by atoms with Crippen LogP contribution in [0.25, 0.3) is 0 Å². The van der Waals surface area contributed by atoms with Gasteiger partial charge in [0.2, 0.25) is 0 Å². The molecule has 0 bridgehead atoms. The molecule has 2 nitrogen and oxygen atoms in total.